The van der Waals surface area contributed by atoms with Crippen molar-refractivity contribution in [2.24, 2.45) is 5.92 Å². The zero-order chi connectivity index (χ0) is 19.7. The van der Waals surface area contributed by atoms with E-state index in [4.69, 9.17) is 4.74 Å². The van der Waals surface area contributed by atoms with E-state index in [1.807, 2.05) is 10.7 Å². The number of hydrogen-bond donors (Lipinski definition) is 1. The molecule has 0 radical (unpaired) electrons. The third kappa shape index (κ3) is 4.06. The van der Waals surface area contributed by atoms with Crippen LogP contribution < -0.4 is 10.1 Å². The lowest BCUT2D eigenvalue weighted by Gasteiger charge is -2.15. The summed E-state index contributed by atoms with van der Waals surface area (Å²) >= 11 is 1.29. The molecule has 0 bridgehead atoms. The van der Waals surface area contributed by atoms with E-state index in [0.29, 0.717) is 33.1 Å². The summed E-state index contributed by atoms with van der Waals surface area (Å²) in [4.78, 5) is 17.7. The van der Waals surface area contributed by atoms with Crippen molar-refractivity contribution in [2.45, 2.75) is 39.3 Å². The summed E-state index contributed by atoms with van der Waals surface area (Å²) in [5.41, 5.74) is 0.654. The van der Waals surface area contributed by atoms with E-state index in [0.717, 1.165) is 0 Å². The van der Waals surface area contributed by atoms with E-state index >= 15 is 0 Å². The normalized spacial score (nSPS) is 14.7. The molecule has 0 aliphatic heterocycles. The van der Waals surface area contributed by atoms with E-state index in [-0.39, 0.29) is 24.4 Å². The van der Waals surface area contributed by atoms with E-state index in [1.165, 1.54) is 36.3 Å². The fourth-order valence-corrected chi connectivity index (χ4v) is 3.96. The molecule has 1 amide bonds. The highest BCUT2D eigenvalue weighted by atomic mass is 32.1. The van der Waals surface area contributed by atoms with Gasteiger partial charge in [0.05, 0.1) is 17.9 Å². The van der Waals surface area contributed by atoms with Gasteiger partial charge in [-0.15, -0.1) is 11.3 Å². The van der Waals surface area contributed by atoms with E-state index in [2.05, 4.69) is 22.3 Å². The molecule has 3 aromatic rings. The first-order valence-corrected chi connectivity index (χ1v) is 10.0. The van der Waals surface area contributed by atoms with Gasteiger partial charge in [0, 0.05) is 6.07 Å². The number of nitrogens with zero attached hydrogens (tertiary/aromatic N) is 3. The van der Waals surface area contributed by atoms with Crippen molar-refractivity contribution in [3.8, 4) is 5.75 Å². The van der Waals surface area contributed by atoms with Crippen molar-refractivity contribution < 1.29 is 13.9 Å². The molecule has 1 N–H and O–H groups in total. The number of anilines is 1. The molecule has 4 rings (SSSR count). The third-order valence-electron chi connectivity index (χ3n) is 4.82. The molecule has 8 heteroatoms. The minimum Gasteiger partial charge on any atom is -0.486 e. The van der Waals surface area contributed by atoms with Gasteiger partial charge in [-0.1, -0.05) is 0 Å². The highest BCUT2D eigenvalue weighted by molar-refractivity contribution is 7.13. The number of hydrogen-bond acceptors (Lipinski definition) is 5. The zero-order valence-corrected chi connectivity index (χ0v) is 16.5. The summed E-state index contributed by atoms with van der Waals surface area (Å²) < 4.78 is 20.5. The molecular weight excluding hydrogens is 379 g/mol. The second kappa shape index (κ2) is 7.71. The summed E-state index contributed by atoms with van der Waals surface area (Å²) in [6.07, 6.45) is 4.12. The Hall–Kier alpha value is -2.74. The molecule has 146 valence electrons. The fourth-order valence-electron chi connectivity index (χ4n) is 3.09. The second-order valence-corrected chi connectivity index (χ2v) is 8.04. The number of rotatable bonds is 7. The van der Waals surface area contributed by atoms with Crippen LogP contribution in [0, 0.1) is 18.7 Å². The average molecular weight is 400 g/mol. The van der Waals surface area contributed by atoms with E-state index < -0.39 is 0 Å². The van der Waals surface area contributed by atoms with E-state index in [9.17, 15) is 9.18 Å². The molecule has 2 heterocycles. The Kier molecular flexibility index (Phi) is 5.13. The van der Waals surface area contributed by atoms with Gasteiger partial charge in [-0.25, -0.2) is 14.1 Å². The standard InChI is InChI=1S/C20H21FN4O2S/c1-12-19(28-18(23-12)11-27-16-7-5-15(21)6-8-16)20(26)24-17-9-10-22-25(17)13(2)14-3-4-14/h5-10,13-14H,3-4,11H2,1-2H3,(H,24,26). The van der Waals surface area contributed by atoms with Gasteiger partial charge in [0.25, 0.3) is 5.91 Å². The lowest BCUT2D eigenvalue weighted by Crippen LogP contribution is -2.18. The molecule has 2 aromatic heterocycles. The first-order valence-electron chi connectivity index (χ1n) is 9.21. The Bertz CT molecular complexity index is 979. The predicted octanol–water partition coefficient (Wildman–Crippen LogP) is 4.59. The number of carbonyl (C=O) groups excluding carboxylic acids is 1. The van der Waals surface area contributed by atoms with Crippen molar-refractivity contribution in [3.63, 3.8) is 0 Å². The first-order chi connectivity index (χ1) is 13.5. The van der Waals surface area contributed by atoms with Crippen LogP contribution in [-0.2, 0) is 6.61 Å². The third-order valence-corrected chi connectivity index (χ3v) is 5.95. The molecule has 1 atom stereocenters. The Labute approximate surface area is 166 Å². The number of nitrogens with one attached hydrogen (secondary N) is 1. The number of thiazole rings is 1. The molecule has 0 spiro atoms. The maximum Gasteiger partial charge on any atom is 0.268 e. The summed E-state index contributed by atoms with van der Waals surface area (Å²) in [6, 6.07) is 7.89. The largest absolute Gasteiger partial charge is 0.486 e. The van der Waals surface area contributed by atoms with Crippen LogP contribution >= 0.6 is 11.3 Å². The molecular formula is C20H21FN4O2S. The number of carbonyl (C=O) groups is 1. The lowest BCUT2D eigenvalue weighted by atomic mass is 10.2. The summed E-state index contributed by atoms with van der Waals surface area (Å²) in [7, 11) is 0. The van der Waals surface area contributed by atoms with Crippen molar-refractivity contribution in [1.82, 2.24) is 14.8 Å². The van der Waals surface area contributed by atoms with E-state index in [1.54, 1.807) is 25.3 Å². The van der Waals surface area contributed by atoms with Crippen LogP contribution in [0.3, 0.4) is 0 Å². The fraction of sp³-hybridized carbons (Fsp3) is 0.350. The summed E-state index contributed by atoms with van der Waals surface area (Å²) in [6.45, 7) is 4.15. The van der Waals surface area contributed by atoms with Gasteiger partial charge < -0.3 is 10.1 Å². The molecule has 1 fully saturated rings. The maximum absolute atomic E-state index is 13.0. The average Bonchev–Trinajstić information content (AvgIpc) is 3.32. The van der Waals surface area contributed by atoms with Crippen LogP contribution in [0.4, 0.5) is 10.2 Å². The van der Waals surface area contributed by atoms with Crippen molar-refractivity contribution in [1.29, 1.82) is 0 Å². The maximum atomic E-state index is 13.0. The number of halogens is 1. The minimum atomic E-state index is -0.313. The van der Waals surface area contributed by atoms with Crippen LogP contribution in [0.15, 0.2) is 36.5 Å². The molecule has 1 aromatic carbocycles. The number of ether oxygens (including phenoxy) is 1. The smallest absolute Gasteiger partial charge is 0.268 e. The number of benzene rings is 1. The number of aromatic nitrogens is 3. The summed E-state index contributed by atoms with van der Waals surface area (Å²) in [5, 5.41) is 8.00. The Morgan fingerprint density at radius 1 is 1.36 bits per heavy atom. The quantitative estimate of drug-likeness (QED) is 0.630. The van der Waals surface area contributed by atoms with Gasteiger partial charge in [0.2, 0.25) is 0 Å². The van der Waals surface area contributed by atoms with Gasteiger partial charge in [-0.3, -0.25) is 4.79 Å². The van der Waals surface area contributed by atoms with Crippen molar-refractivity contribution >= 4 is 23.1 Å². The van der Waals surface area contributed by atoms with Crippen LogP contribution in [0.25, 0.3) is 0 Å². The molecule has 1 aliphatic carbocycles. The zero-order valence-electron chi connectivity index (χ0n) is 15.7. The second-order valence-electron chi connectivity index (χ2n) is 6.96. The van der Waals surface area contributed by atoms with Crippen LogP contribution in [-0.4, -0.2) is 20.7 Å². The van der Waals surface area contributed by atoms with Crippen LogP contribution in [0.1, 0.15) is 46.2 Å². The van der Waals surface area contributed by atoms with Crippen LogP contribution in [0.2, 0.25) is 0 Å². The minimum absolute atomic E-state index is 0.201. The van der Waals surface area contributed by atoms with Crippen molar-refractivity contribution in [3.05, 3.63) is 57.9 Å². The first kappa shape index (κ1) is 18.6. The molecule has 6 nitrogen and oxygen atoms in total. The van der Waals surface area contributed by atoms with Gasteiger partial charge in [-0.05, 0) is 56.9 Å². The molecule has 1 unspecified atom stereocenters. The van der Waals surface area contributed by atoms with Crippen LogP contribution in [0.5, 0.6) is 5.75 Å². The SMILES string of the molecule is Cc1nc(COc2ccc(F)cc2)sc1C(=O)Nc1ccnn1C(C)C1CC1. The highest BCUT2D eigenvalue weighted by Gasteiger charge is 2.31. The summed E-state index contributed by atoms with van der Waals surface area (Å²) in [5.74, 6) is 1.37. The Balaban J connectivity index is 1.42. The topological polar surface area (TPSA) is 69.0 Å². The Morgan fingerprint density at radius 3 is 2.82 bits per heavy atom. The molecule has 1 saturated carbocycles. The Morgan fingerprint density at radius 2 is 2.11 bits per heavy atom. The number of aryl methyl sites for hydroxylation is 1. The number of amides is 1. The molecule has 1 aliphatic rings. The lowest BCUT2D eigenvalue weighted by molar-refractivity contribution is 0.102. The molecule has 0 saturated heterocycles. The predicted molar refractivity (Wildman–Crippen MR) is 105 cm³/mol. The van der Waals surface area contributed by atoms with Gasteiger partial charge in [-0.2, -0.15) is 5.10 Å². The van der Waals surface area contributed by atoms with Gasteiger partial charge in [0.1, 0.15) is 33.9 Å². The van der Waals surface area contributed by atoms with Gasteiger partial charge in [0.15, 0.2) is 0 Å². The van der Waals surface area contributed by atoms with Gasteiger partial charge >= 0.3 is 0 Å². The monoisotopic (exact) mass is 400 g/mol. The highest BCUT2D eigenvalue weighted by Crippen LogP contribution is 2.40. The molecule has 28 heavy (non-hydrogen) atoms. The van der Waals surface area contributed by atoms with Crippen molar-refractivity contribution in [2.75, 3.05) is 5.32 Å².